The van der Waals surface area contributed by atoms with Crippen molar-refractivity contribution in [2.24, 2.45) is 0 Å². The lowest BCUT2D eigenvalue weighted by Crippen LogP contribution is -2.19. The molecule has 3 rings (SSSR count). The first-order valence-electron chi connectivity index (χ1n) is 6.35. The van der Waals surface area contributed by atoms with Crippen molar-refractivity contribution in [2.45, 2.75) is 12.5 Å². The number of hydrogen-bond acceptors (Lipinski definition) is 5. The molecule has 0 radical (unpaired) electrons. The number of nitrogen functional groups attached to an aromatic ring is 1. The first-order valence-corrected chi connectivity index (χ1v) is 7.51. The first kappa shape index (κ1) is 12.3. The van der Waals surface area contributed by atoms with Crippen LogP contribution in [-0.4, -0.2) is 27.5 Å². The van der Waals surface area contributed by atoms with E-state index < -0.39 is 0 Å². The van der Waals surface area contributed by atoms with E-state index in [0.29, 0.717) is 17.7 Å². The second-order valence-electron chi connectivity index (χ2n) is 4.57. The fraction of sp³-hybridized carbons (Fsp3) is 0.286. The molecule has 0 saturated carbocycles. The number of hydrogen-bond donors (Lipinski definition) is 2. The summed E-state index contributed by atoms with van der Waals surface area (Å²) in [7, 11) is 0. The third-order valence-electron chi connectivity index (χ3n) is 3.06. The van der Waals surface area contributed by atoms with E-state index in [0.717, 1.165) is 17.1 Å². The summed E-state index contributed by atoms with van der Waals surface area (Å²) in [5, 5.41) is 3.44. The predicted molar refractivity (Wildman–Crippen MR) is 81.2 cm³/mol. The summed E-state index contributed by atoms with van der Waals surface area (Å²) in [6.45, 7) is 0. The van der Waals surface area contributed by atoms with E-state index in [1.54, 1.807) is 6.07 Å². The molecule has 2 heterocycles. The van der Waals surface area contributed by atoms with E-state index >= 15 is 0 Å². The minimum Gasteiger partial charge on any atom is -0.384 e. The van der Waals surface area contributed by atoms with Crippen molar-refractivity contribution < 1.29 is 0 Å². The Balaban J connectivity index is 1.87. The largest absolute Gasteiger partial charge is 0.384 e. The molecule has 1 aliphatic rings. The van der Waals surface area contributed by atoms with Gasteiger partial charge in [-0.2, -0.15) is 11.8 Å². The average Bonchev–Trinajstić information content (AvgIpc) is 2.92. The van der Waals surface area contributed by atoms with Crippen LogP contribution in [0.4, 0.5) is 11.6 Å². The van der Waals surface area contributed by atoms with E-state index in [1.165, 1.54) is 12.2 Å². The molecule has 0 bridgehead atoms. The minimum absolute atomic E-state index is 0.489. The van der Waals surface area contributed by atoms with Crippen molar-refractivity contribution in [1.82, 2.24) is 9.97 Å². The highest BCUT2D eigenvalue weighted by Crippen LogP contribution is 2.23. The zero-order chi connectivity index (χ0) is 13.1. The Morgan fingerprint density at radius 1 is 1.21 bits per heavy atom. The highest BCUT2D eigenvalue weighted by Gasteiger charge is 2.16. The lowest BCUT2D eigenvalue weighted by atomic mass is 10.2. The maximum atomic E-state index is 5.87. The monoisotopic (exact) mass is 272 g/mol. The van der Waals surface area contributed by atoms with Crippen molar-refractivity contribution in [3.8, 4) is 11.4 Å². The van der Waals surface area contributed by atoms with Crippen LogP contribution in [0.1, 0.15) is 6.42 Å². The van der Waals surface area contributed by atoms with Crippen LogP contribution in [0.15, 0.2) is 36.4 Å². The topological polar surface area (TPSA) is 63.8 Å². The maximum Gasteiger partial charge on any atom is 0.163 e. The molecule has 1 saturated heterocycles. The summed E-state index contributed by atoms with van der Waals surface area (Å²) in [6, 6.07) is 12.2. The highest BCUT2D eigenvalue weighted by atomic mass is 32.2. The van der Waals surface area contributed by atoms with Gasteiger partial charge in [-0.3, -0.25) is 0 Å². The SMILES string of the molecule is Nc1cc(NC2CCSC2)nc(-c2ccccc2)n1. The number of benzene rings is 1. The molecule has 1 aromatic carbocycles. The number of aromatic nitrogens is 2. The van der Waals surface area contributed by atoms with Crippen LogP contribution in [-0.2, 0) is 0 Å². The van der Waals surface area contributed by atoms with Gasteiger partial charge >= 0.3 is 0 Å². The van der Waals surface area contributed by atoms with Gasteiger partial charge in [-0.1, -0.05) is 30.3 Å². The van der Waals surface area contributed by atoms with Crippen molar-refractivity contribution in [3.05, 3.63) is 36.4 Å². The molecule has 1 fully saturated rings. The van der Waals surface area contributed by atoms with Gasteiger partial charge in [0.15, 0.2) is 5.82 Å². The molecule has 2 aromatic rings. The maximum absolute atomic E-state index is 5.87. The molecule has 98 valence electrons. The molecular weight excluding hydrogens is 256 g/mol. The lowest BCUT2D eigenvalue weighted by Gasteiger charge is -2.13. The summed E-state index contributed by atoms with van der Waals surface area (Å²) in [4.78, 5) is 8.86. The van der Waals surface area contributed by atoms with Crippen molar-refractivity contribution in [1.29, 1.82) is 0 Å². The molecule has 0 spiro atoms. The normalized spacial score (nSPS) is 18.4. The molecule has 4 nitrogen and oxygen atoms in total. The number of nitrogens with one attached hydrogen (secondary N) is 1. The molecule has 5 heteroatoms. The standard InChI is InChI=1S/C14H16N4S/c15-12-8-13(16-11-6-7-19-9-11)18-14(17-12)10-4-2-1-3-5-10/h1-5,8,11H,6-7,9H2,(H3,15,16,17,18). The smallest absolute Gasteiger partial charge is 0.163 e. The molecule has 3 N–H and O–H groups in total. The van der Waals surface area contributed by atoms with Gasteiger partial charge in [0, 0.05) is 23.4 Å². The summed E-state index contributed by atoms with van der Waals surface area (Å²) in [5.41, 5.74) is 6.86. The highest BCUT2D eigenvalue weighted by molar-refractivity contribution is 7.99. The average molecular weight is 272 g/mol. The number of nitrogens with two attached hydrogens (primary N) is 1. The number of thioether (sulfide) groups is 1. The molecule has 19 heavy (non-hydrogen) atoms. The van der Waals surface area contributed by atoms with Gasteiger partial charge in [0.25, 0.3) is 0 Å². The van der Waals surface area contributed by atoms with Crippen LogP contribution in [0.3, 0.4) is 0 Å². The number of rotatable bonds is 3. The second kappa shape index (κ2) is 5.48. The lowest BCUT2D eigenvalue weighted by molar-refractivity contribution is 0.806. The molecular formula is C14H16N4S. The third kappa shape index (κ3) is 2.98. The van der Waals surface area contributed by atoms with Gasteiger partial charge < -0.3 is 11.1 Å². The van der Waals surface area contributed by atoms with Gasteiger partial charge in [0.05, 0.1) is 0 Å². The Kier molecular flexibility index (Phi) is 3.55. The molecule has 1 unspecified atom stereocenters. The van der Waals surface area contributed by atoms with Crippen molar-refractivity contribution >= 4 is 23.4 Å². The van der Waals surface area contributed by atoms with Crippen molar-refractivity contribution in [2.75, 3.05) is 22.6 Å². The van der Waals surface area contributed by atoms with E-state index in [1.807, 2.05) is 42.1 Å². The van der Waals surface area contributed by atoms with Crippen LogP contribution in [0.25, 0.3) is 11.4 Å². The molecule has 0 aliphatic carbocycles. The Bertz CT molecular complexity index is 553. The Labute approximate surface area is 116 Å². The summed E-state index contributed by atoms with van der Waals surface area (Å²) < 4.78 is 0. The molecule has 1 aliphatic heterocycles. The third-order valence-corrected chi connectivity index (χ3v) is 4.22. The van der Waals surface area contributed by atoms with E-state index in [4.69, 9.17) is 5.73 Å². The van der Waals surface area contributed by atoms with Gasteiger partial charge in [-0.05, 0) is 12.2 Å². The molecule has 1 aromatic heterocycles. The van der Waals surface area contributed by atoms with Gasteiger partial charge in [0.1, 0.15) is 11.6 Å². The Morgan fingerprint density at radius 2 is 2.05 bits per heavy atom. The molecule has 1 atom stereocenters. The zero-order valence-corrected chi connectivity index (χ0v) is 11.4. The Morgan fingerprint density at radius 3 is 2.79 bits per heavy atom. The predicted octanol–water partition coefficient (Wildman–Crippen LogP) is 2.64. The van der Waals surface area contributed by atoms with Crippen LogP contribution >= 0.6 is 11.8 Å². The van der Waals surface area contributed by atoms with Crippen molar-refractivity contribution in [3.63, 3.8) is 0 Å². The van der Waals surface area contributed by atoms with Crippen LogP contribution in [0.5, 0.6) is 0 Å². The van der Waals surface area contributed by atoms with Crippen LogP contribution in [0, 0.1) is 0 Å². The fourth-order valence-corrected chi connectivity index (χ4v) is 3.27. The number of nitrogens with zero attached hydrogens (tertiary/aromatic N) is 2. The van der Waals surface area contributed by atoms with Crippen LogP contribution < -0.4 is 11.1 Å². The summed E-state index contributed by atoms with van der Waals surface area (Å²) in [6.07, 6.45) is 1.18. The Hall–Kier alpha value is -1.75. The van der Waals surface area contributed by atoms with Gasteiger partial charge in [-0.15, -0.1) is 0 Å². The zero-order valence-electron chi connectivity index (χ0n) is 10.5. The summed E-state index contributed by atoms with van der Waals surface area (Å²) >= 11 is 1.97. The molecule has 0 amide bonds. The first-order chi connectivity index (χ1) is 9.31. The van der Waals surface area contributed by atoms with Crippen LogP contribution in [0.2, 0.25) is 0 Å². The second-order valence-corrected chi connectivity index (χ2v) is 5.72. The fourth-order valence-electron chi connectivity index (χ4n) is 2.11. The quantitative estimate of drug-likeness (QED) is 0.899. The number of anilines is 2. The minimum atomic E-state index is 0.489. The summed E-state index contributed by atoms with van der Waals surface area (Å²) in [5.74, 6) is 4.34. The van der Waals surface area contributed by atoms with Gasteiger partial charge in [0.2, 0.25) is 0 Å². The van der Waals surface area contributed by atoms with E-state index in [-0.39, 0.29) is 0 Å². The van der Waals surface area contributed by atoms with E-state index in [9.17, 15) is 0 Å². The van der Waals surface area contributed by atoms with Gasteiger partial charge in [-0.25, -0.2) is 9.97 Å². The van der Waals surface area contributed by atoms with E-state index in [2.05, 4.69) is 15.3 Å².